The molecule has 0 atom stereocenters. The first-order chi connectivity index (χ1) is 22.0. The summed E-state index contributed by atoms with van der Waals surface area (Å²) in [6.45, 7) is 7.47. The van der Waals surface area contributed by atoms with Crippen molar-refractivity contribution in [2.24, 2.45) is 10.1 Å². The Bertz CT molecular complexity index is 2410. The number of nitrogens with zero attached hydrogens (tertiary/aromatic N) is 4. The summed E-state index contributed by atoms with van der Waals surface area (Å²) < 4.78 is 80.4. The molecular formula is C36H16F6N4. The van der Waals surface area contributed by atoms with Crippen LogP contribution in [-0.4, -0.2) is 0 Å². The van der Waals surface area contributed by atoms with Crippen molar-refractivity contribution in [2.45, 2.75) is 12.4 Å². The third-order valence-corrected chi connectivity index (χ3v) is 8.16. The molecule has 0 aromatic heterocycles. The summed E-state index contributed by atoms with van der Waals surface area (Å²) in [6.07, 6.45) is -7.18. The van der Waals surface area contributed by atoms with Gasteiger partial charge in [-0.1, -0.05) is 48.5 Å². The van der Waals surface area contributed by atoms with Crippen molar-refractivity contribution in [3.8, 4) is 28.4 Å². The molecule has 0 radical (unpaired) electrons. The van der Waals surface area contributed by atoms with Crippen molar-refractivity contribution in [1.82, 2.24) is 0 Å². The Morgan fingerprint density at radius 2 is 0.957 bits per heavy atom. The summed E-state index contributed by atoms with van der Waals surface area (Å²) in [5.41, 5.74) is 0.175. The van der Waals surface area contributed by atoms with Crippen LogP contribution in [0.1, 0.15) is 11.1 Å². The largest absolute Gasteiger partial charge is 0.416 e. The van der Waals surface area contributed by atoms with Crippen LogP contribution in [-0.2, 0) is 12.4 Å². The average Bonchev–Trinajstić information content (AvgIpc) is 3.50. The average molecular weight is 619 g/mol. The highest BCUT2D eigenvalue weighted by molar-refractivity contribution is 6.21. The van der Waals surface area contributed by atoms with Gasteiger partial charge in [-0.2, -0.15) is 43.2 Å². The molecule has 0 unspecified atom stereocenters. The van der Waals surface area contributed by atoms with Gasteiger partial charge >= 0.3 is 12.4 Å². The summed E-state index contributed by atoms with van der Waals surface area (Å²) in [6, 6.07) is 24.0. The Balaban J connectivity index is 1.48. The molecule has 0 saturated heterocycles. The molecule has 0 N–H and O–H groups in total. The van der Waals surface area contributed by atoms with E-state index < -0.39 is 23.5 Å². The fourth-order valence-electron chi connectivity index (χ4n) is 6.11. The van der Waals surface area contributed by atoms with Gasteiger partial charge in [-0.3, -0.25) is 0 Å². The highest BCUT2D eigenvalue weighted by Gasteiger charge is 2.31. The van der Waals surface area contributed by atoms with Gasteiger partial charge in [-0.05, 0) is 92.3 Å². The molecule has 0 aliphatic heterocycles. The van der Waals surface area contributed by atoms with Crippen LogP contribution in [0.2, 0.25) is 0 Å². The highest BCUT2D eigenvalue weighted by Crippen LogP contribution is 2.37. The van der Waals surface area contributed by atoms with E-state index in [0.29, 0.717) is 76.1 Å². The van der Waals surface area contributed by atoms with Crippen molar-refractivity contribution in [2.75, 3.05) is 0 Å². The Morgan fingerprint density at radius 1 is 0.522 bits per heavy atom. The van der Waals surface area contributed by atoms with Crippen LogP contribution in [0, 0.1) is 18.0 Å². The maximum atomic E-state index is 13.4. The zero-order chi connectivity index (χ0) is 32.4. The summed E-state index contributed by atoms with van der Waals surface area (Å²) in [5, 5.41) is 19.5. The predicted molar refractivity (Wildman–Crippen MR) is 163 cm³/mol. The number of rotatable bonds is 2. The summed E-state index contributed by atoms with van der Waals surface area (Å²) in [5.74, 6) is 0. The molecule has 0 heterocycles. The van der Waals surface area contributed by atoms with Gasteiger partial charge in [-0.15, -0.1) is 4.95 Å². The molecule has 0 fully saturated rings. The lowest BCUT2D eigenvalue weighted by molar-refractivity contribution is -0.138. The van der Waals surface area contributed by atoms with Gasteiger partial charge < -0.3 is 0 Å². The minimum atomic E-state index is -4.51. The minimum absolute atomic E-state index is 0.349. The zero-order valence-electron chi connectivity index (χ0n) is 23.3. The quantitative estimate of drug-likeness (QED) is 0.0824. The highest BCUT2D eigenvalue weighted by atomic mass is 19.4. The number of nitriles is 1. The molecule has 10 heteroatoms. The van der Waals surface area contributed by atoms with E-state index >= 15 is 0 Å². The molecule has 4 nitrogen and oxygen atoms in total. The number of hydrogen-bond acceptors (Lipinski definition) is 3. The van der Waals surface area contributed by atoms with Gasteiger partial charge in [0, 0.05) is 21.5 Å². The standard InChI is InChI=1S/C36H16F6N4/c1-44-46-34-30-15-22(20-5-3-7-24(13-20)36(40,41)42)9-11-26(30)28-16-31-27(17-32(28)34)25-10-8-21(14-29(25)33(31)45-18-43)19-4-2-6-23(12-19)35(37,38)39/h2-17H/b45-33?,46-34+. The predicted octanol–water partition coefficient (Wildman–Crippen LogP) is 9.66. The first-order valence-corrected chi connectivity index (χ1v) is 13.7. The van der Waals surface area contributed by atoms with Crippen LogP contribution in [0.4, 0.5) is 26.3 Å². The topological polar surface area (TPSA) is 52.9 Å². The van der Waals surface area contributed by atoms with E-state index in [0.717, 1.165) is 24.3 Å². The number of halogens is 6. The Hall–Kier alpha value is -6.00. The van der Waals surface area contributed by atoms with Crippen LogP contribution < -0.4 is 10.7 Å². The number of fused-ring (bicyclic) bond motifs is 6. The van der Waals surface area contributed by atoms with Crippen molar-refractivity contribution in [3.63, 3.8) is 0 Å². The monoisotopic (exact) mass is 618 g/mol. The second-order valence-corrected chi connectivity index (χ2v) is 10.7. The van der Waals surface area contributed by atoms with Gasteiger partial charge in [0.25, 0.3) is 0 Å². The van der Waals surface area contributed by atoms with E-state index in [4.69, 9.17) is 6.57 Å². The molecule has 0 aliphatic rings. The maximum absolute atomic E-state index is 13.4. The van der Waals surface area contributed by atoms with Gasteiger partial charge in [0.1, 0.15) is 0 Å². The van der Waals surface area contributed by atoms with Gasteiger partial charge in [-0.25, -0.2) is 0 Å². The molecule has 222 valence electrons. The van der Waals surface area contributed by atoms with E-state index in [1.165, 1.54) is 12.1 Å². The molecule has 0 saturated carbocycles. The van der Waals surface area contributed by atoms with E-state index in [-0.39, 0.29) is 0 Å². The summed E-state index contributed by atoms with van der Waals surface area (Å²) in [7, 11) is 0. The second-order valence-electron chi connectivity index (χ2n) is 10.7. The van der Waals surface area contributed by atoms with E-state index in [1.807, 2.05) is 18.3 Å². The van der Waals surface area contributed by atoms with Crippen LogP contribution in [0.3, 0.4) is 0 Å². The Labute approximate surface area is 255 Å². The SMILES string of the molecule is [C-]#[N+]/N=c1\c2cc(-c3cccc(C(F)(F)F)c3)ccc2c2cc3c(=NC#N)c4cc(-c5cccc(C(F)(F)F)c5)ccc4c3cc12. The van der Waals surface area contributed by atoms with E-state index in [1.54, 1.807) is 48.5 Å². The first kappa shape index (κ1) is 28.8. The van der Waals surface area contributed by atoms with Gasteiger partial charge in [0.15, 0.2) is 5.36 Å². The van der Waals surface area contributed by atoms with E-state index in [2.05, 4.69) is 15.0 Å². The lowest BCUT2D eigenvalue weighted by Gasteiger charge is -2.09. The van der Waals surface area contributed by atoms with Crippen LogP contribution in [0.5, 0.6) is 0 Å². The Morgan fingerprint density at radius 3 is 1.41 bits per heavy atom. The molecule has 7 aromatic carbocycles. The Kier molecular flexibility index (Phi) is 6.43. The third-order valence-electron chi connectivity index (χ3n) is 8.16. The zero-order valence-corrected chi connectivity index (χ0v) is 23.3. The molecule has 0 spiro atoms. The maximum Gasteiger partial charge on any atom is 0.416 e. The number of hydrogen-bond donors (Lipinski definition) is 0. The molecule has 7 aromatic rings. The summed E-state index contributed by atoms with van der Waals surface area (Å²) >= 11 is 0. The van der Waals surface area contributed by atoms with Crippen molar-refractivity contribution < 1.29 is 26.3 Å². The van der Waals surface area contributed by atoms with Gasteiger partial charge in [0.05, 0.1) is 21.6 Å². The van der Waals surface area contributed by atoms with Crippen molar-refractivity contribution in [1.29, 1.82) is 5.26 Å². The van der Waals surface area contributed by atoms with Crippen LogP contribution in [0.15, 0.2) is 107 Å². The molecular weight excluding hydrogens is 602 g/mol. The smallest absolute Gasteiger partial charge is 0.181 e. The molecule has 0 aliphatic carbocycles. The second kappa shape index (κ2) is 10.3. The first-order valence-electron chi connectivity index (χ1n) is 13.7. The van der Waals surface area contributed by atoms with Crippen molar-refractivity contribution in [3.05, 3.63) is 130 Å². The molecule has 46 heavy (non-hydrogen) atoms. The van der Waals surface area contributed by atoms with Crippen LogP contribution >= 0.6 is 0 Å². The fourth-order valence-corrected chi connectivity index (χ4v) is 6.11. The van der Waals surface area contributed by atoms with Gasteiger partial charge in [0.2, 0.25) is 6.19 Å². The lowest BCUT2D eigenvalue weighted by atomic mass is 10.0. The molecule has 0 amide bonds. The molecule has 0 bridgehead atoms. The fraction of sp³-hybridized carbons (Fsp3) is 0.0556. The minimum Gasteiger partial charge on any atom is -0.181 e. The number of alkyl halides is 6. The normalized spacial score (nSPS) is 13.2. The number of benzene rings is 5. The lowest BCUT2D eigenvalue weighted by Crippen LogP contribution is -2.04. The van der Waals surface area contributed by atoms with Crippen LogP contribution in [0.25, 0.3) is 70.3 Å². The summed E-state index contributed by atoms with van der Waals surface area (Å²) in [4.78, 5) is 7.35. The molecule has 7 rings (SSSR count). The van der Waals surface area contributed by atoms with Crippen molar-refractivity contribution >= 4 is 43.1 Å². The van der Waals surface area contributed by atoms with E-state index in [9.17, 15) is 31.6 Å². The third kappa shape index (κ3) is 4.63.